The molecule has 0 aliphatic rings. The number of halogens is 1. The summed E-state index contributed by atoms with van der Waals surface area (Å²) in [5.41, 5.74) is 3.42. The minimum atomic E-state index is -0.386. The van der Waals surface area contributed by atoms with Crippen LogP contribution in [0, 0.1) is 6.92 Å². The van der Waals surface area contributed by atoms with Crippen LogP contribution < -0.4 is 10.6 Å². The number of rotatable bonds is 9. The predicted molar refractivity (Wildman–Crippen MR) is 133 cm³/mol. The SMILES string of the molecule is CCc1cccc(C)c1NC(=O)CSc1nnc([C@H](C)NC(=O)c2ccccc2Cl)n1CC. The van der Waals surface area contributed by atoms with E-state index >= 15 is 0 Å². The van der Waals surface area contributed by atoms with Crippen LogP contribution in [0.4, 0.5) is 5.69 Å². The van der Waals surface area contributed by atoms with Crippen molar-refractivity contribution >= 4 is 40.9 Å². The maximum Gasteiger partial charge on any atom is 0.253 e. The molecular weight excluding hydrogens is 458 g/mol. The number of nitrogens with one attached hydrogen (secondary N) is 2. The number of carbonyl (C=O) groups excluding carboxylic acids is 2. The third kappa shape index (κ3) is 5.94. The molecule has 0 saturated carbocycles. The van der Waals surface area contributed by atoms with Crippen LogP contribution in [-0.2, 0) is 17.8 Å². The van der Waals surface area contributed by atoms with Gasteiger partial charge in [0, 0.05) is 12.2 Å². The zero-order valence-electron chi connectivity index (χ0n) is 19.2. The molecule has 2 amide bonds. The number of hydrogen-bond donors (Lipinski definition) is 2. The quantitative estimate of drug-likeness (QED) is 0.414. The van der Waals surface area contributed by atoms with Crippen molar-refractivity contribution in [1.82, 2.24) is 20.1 Å². The zero-order valence-corrected chi connectivity index (χ0v) is 20.8. The molecule has 0 unspecified atom stereocenters. The zero-order chi connectivity index (χ0) is 24.0. The van der Waals surface area contributed by atoms with Gasteiger partial charge in [0.2, 0.25) is 5.91 Å². The monoisotopic (exact) mass is 485 g/mol. The molecule has 33 heavy (non-hydrogen) atoms. The third-order valence-corrected chi connectivity index (χ3v) is 6.55. The Morgan fingerprint density at radius 1 is 1.12 bits per heavy atom. The van der Waals surface area contributed by atoms with E-state index in [4.69, 9.17) is 11.6 Å². The van der Waals surface area contributed by atoms with Crippen LogP contribution in [0.5, 0.6) is 0 Å². The number of para-hydroxylation sites is 1. The molecule has 1 heterocycles. The van der Waals surface area contributed by atoms with Crippen molar-refractivity contribution in [2.75, 3.05) is 11.1 Å². The highest BCUT2D eigenvalue weighted by Crippen LogP contribution is 2.24. The molecule has 0 spiro atoms. The van der Waals surface area contributed by atoms with Crippen molar-refractivity contribution in [1.29, 1.82) is 0 Å². The minimum Gasteiger partial charge on any atom is -0.342 e. The second-order valence-corrected chi connectivity index (χ2v) is 8.91. The fraction of sp³-hybridized carbons (Fsp3) is 0.333. The average Bonchev–Trinajstić information content (AvgIpc) is 3.22. The molecule has 1 aromatic heterocycles. The van der Waals surface area contributed by atoms with Crippen molar-refractivity contribution in [3.63, 3.8) is 0 Å². The van der Waals surface area contributed by atoms with Gasteiger partial charge in [0.15, 0.2) is 11.0 Å². The van der Waals surface area contributed by atoms with Crippen LogP contribution >= 0.6 is 23.4 Å². The lowest BCUT2D eigenvalue weighted by atomic mass is 10.1. The van der Waals surface area contributed by atoms with Crippen LogP contribution in [0.1, 0.15) is 54.1 Å². The number of benzene rings is 2. The van der Waals surface area contributed by atoms with Crippen LogP contribution in [-0.4, -0.2) is 32.3 Å². The summed E-state index contributed by atoms with van der Waals surface area (Å²) in [5, 5.41) is 15.5. The van der Waals surface area contributed by atoms with Crippen LogP contribution in [0.3, 0.4) is 0 Å². The van der Waals surface area contributed by atoms with Gasteiger partial charge in [-0.1, -0.05) is 60.6 Å². The van der Waals surface area contributed by atoms with Gasteiger partial charge in [-0.2, -0.15) is 0 Å². The maximum absolute atomic E-state index is 12.6. The van der Waals surface area contributed by atoms with Gasteiger partial charge < -0.3 is 15.2 Å². The van der Waals surface area contributed by atoms with Gasteiger partial charge in [-0.25, -0.2) is 0 Å². The molecule has 7 nitrogen and oxygen atoms in total. The number of nitrogens with zero attached hydrogens (tertiary/aromatic N) is 3. The Hall–Kier alpha value is -2.84. The highest BCUT2D eigenvalue weighted by molar-refractivity contribution is 7.99. The first-order chi connectivity index (χ1) is 15.8. The van der Waals surface area contributed by atoms with Gasteiger partial charge >= 0.3 is 0 Å². The van der Waals surface area contributed by atoms with E-state index in [9.17, 15) is 9.59 Å². The highest BCUT2D eigenvalue weighted by Gasteiger charge is 2.21. The number of thioether (sulfide) groups is 1. The molecule has 0 bridgehead atoms. The summed E-state index contributed by atoms with van der Waals surface area (Å²) >= 11 is 7.45. The molecular formula is C24H28ClN5O2S. The second-order valence-electron chi connectivity index (χ2n) is 7.56. The minimum absolute atomic E-state index is 0.101. The lowest BCUT2D eigenvalue weighted by Gasteiger charge is -2.16. The number of anilines is 1. The van der Waals surface area contributed by atoms with E-state index in [1.165, 1.54) is 11.8 Å². The molecule has 3 rings (SSSR count). The molecule has 1 atom stereocenters. The molecule has 2 aromatic carbocycles. The molecule has 2 N–H and O–H groups in total. The molecule has 174 valence electrons. The summed E-state index contributed by atoms with van der Waals surface area (Å²) in [6.07, 6.45) is 0.843. The van der Waals surface area contributed by atoms with Crippen LogP contribution in [0.2, 0.25) is 5.02 Å². The summed E-state index contributed by atoms with van der Waals surface area (Å²) in [6.45, 7) is 8.48. The topological polar surface area (TPSA) is 88.9 Å². The van der Waals surface area contributed by atoms with E-state index in [1.807, 2.05) is 43.5 Å². The fourth-order valence-corrected chi connectivity index (χ4v) is 4.55. The standard InChI is InChI=1S/C24H28ClN5O2S/c1-5-17-11-9-10-15(3)21(17)27-20(31)14-33-24-29-28-22(30(24)6-2)16(4)26-23(32)18-12-7-8-13-19(18)25/h7-13,16H,5-6,14H2,1-4H3,(H,26,32)(H,27,31)/t16-/m0/s1. The van der Waals surface area contributed by atoms with E-state index in [0.717, 1.165) is 23.2 Å². The largest absolute Gasteiger partial charge is 0.342 e. The number of aromatic nitrogens is 3. The van der Waals surface area contributed by atoms with E-state index in [1.54, 1.807) is 24.3 Å². The number of amides is 2. The van der Waals surface area contributed by atoms with Crippen molar-refractivity contribution < 1.29 is 9.59 Å². The summed E-state index contributed by atoms with van der Waals surface area (Å²) in [5.74, 6) is 0.442. The van der Waals surface area contributed by atoms with Gasteiger partial charge in [-0.05, 0) is 50.5 Å². The smallest absolute Gasteiger partial charge is 0.253 e. The van der Waals surface area contributed by atoms with Gasteiger partial charge in [-0.3, -0.25) is 9.59 Å². The Morgan fingerprint density at radius 3 is 2.58 bits per heavy atom. The molecule has 0 aliphatic heterocycles. The predicted octanol–water partition coefficient (Wildman–Crippen LogP) is 5.04. The summed E-state index contributed by atoms with van der Waals surface area (Å²) in [6, 6.07) is 12.5. The molecule has 0 aliphatic carbocycles. The normalized spacial score (nSPS) is 11.8. The van der Waals surface area contributed by atoms with Crippen molar-refractivity contribution in [2.45, 2.75) is 51.9 Å². The van der Waals surface area contributed by atoms with Crippen molar-refractivity contribution in [3.8, 4) is 0 Å². The summed E-state index contributed by atoms with van der Waals surface area (Å²) in [7, 11) is 0. The highest BCUT2D eigenvalue weighted by atomic mass is 35.5. The average molecular weight is 486 g/mol. The summed E-state index contributed by atoms with van der Waals surface area (Å²) in [4.78, 5) is 25.2. The van der Waals surface area contributed by atoms with Crippen molar-refractivity contribution in [3.05, 3.63) is 70.0 Å². The van der Waals surface area contributed by atoms with Gasteiger partial charge in [-0.15, -0.1) is 10.2 Å². The van der Waals surface area contributed by atoms with E-state index in [-0.39, 0.29) is 23.6 Å². The van der Waals surface area contributed by atoms with Gasteiger partial charge in [0.05, 0.1) is 22.4 Å². The lowest BCUT2D eigenvalue weighted by Crippen LogP contribution is -2.29. The molecule has 0 fully saturated rings. The van der Waals surface area contributed by atoms with Crippen molar-refractivity contribution in [2.24, 2.45) is 0 Å². The third-order valence-electron chi connectivity index (χ3n) is 5.25. The van der Waals surface area contributed by atoms with E-state index in [2.05, 4.69) is 27.8 Å². The Morgan fingerprint density at radius 2 is 1.88 bits per heavy atom. The van der Waals surface area contributed by atoms with E-state index in [0.29, 0.717) is 28.1 Å². The lowest BCUT2D eigenvalue weighted by molar-refractivity contribution is -0.113. The van der Waals surface area contributed by atoms with Gasteiger partial charge in [0.25, 0.3) is 5.91 Å². The first-order valence-electron chi connectivity index (χ1n) is 10.8. The maximum atomic E-state index is 12.6. The molecule has 3 aromatic rings. The molecule has 0 saturated heterocycles. The molecule has 0 radical (unpaired) electrons. The second kappa shape index (κ2) is 11.3. The van der Waals surface area contributed by atoms with E-state index < -0.39 is 0 Å². The fourth-order valence-electron chi connectivity index (χ4n) is 3.52. The Balaban J connectivity index is 1.66. The Kier molecular flexibility index (Phi) is 8.52. The number of aryl methyl sites for hydroxylation is 2. The van der Waals surface area contributed by atoms with Crippen LogP contribution in [0.25, 0.3) is 0 Å². The first-order valence-corrected chi connectivity index (χ1v) is 12.2. The Labute approximate surface area is 203 Å². The van der Waals surface area contributed by atoms with Crippen LogP contribution in [0.15, 0.2) is 47.6 Å². The first kappa shape index (κ1) is 24.8. The van der Waals surface area contributed by atoms with Gasteiger partial charge in [0.1, 0.15) is 0 Å². The Bertz CT molecular complexity index is 1150. The summed E-state index contributed by atoms with van der Waals surface area (Å²) < 4.78 is 1.90. The number of hydrogen-bond acceptors (Lipinski definition) is 5. The number of carbonyl (C=O) groups is 2. The molecule has 9 heteroatoms.